The van der Waals surface area contributed by atoms with Crippen molar-refractivity contribution in [3.63, 3.8) is 0 Å². The van der Waals surface area contributed by atoms with Crippen LogP contribution < -0.4 is 0 Å². The van der Waals surface area contributed by atoms with E-state index in [1.54, 1.807) is 0 Å². The molecule has 1 N–H and O–H groups in total. The van der Waals surface area contributed by atoms with Gasteiger partial charge in [0, 0.05) is 6.42 Å². The SMILES string of the molecule is CC(C)C(CCC(=O)O)CCN1CCCCC1. The highest BCUT2D eigenvalue weighted by molar-refractivity contribution is 5.66. The van der Waals surface area contributed by atoms with Crippen molar-refractivity contribution in [2.24, 2.45) is 11.8 Å². The summed E-state index contributed by atoms with van der Waals surface area (Å²) in [5, 5.41) is 8.75. The van der Waals surface area contributed by atoms with Crippen LogP contribution in [-0.4, -0.2) is 35.6 Å². The van der Waals surface area contributed by atoms with Crippen molar-refractivity contribution in [3.8, 4) is 0 Å². The molecular formula is C14H27NO2. The van der Waals surface area contributed by atoms with E-state index in [0.29, 0.717) is 18.3 Å². The minimum Gasteiger partial charge on any atom is -0.481 e. The third-order valence-corrected chi connectivity index (χ3v) is 3.94. The zero-order valence-corrected chi connectivity index (χ0v) is 11.3. The van der Waals surface area contributed by atoms with Crippen LogP contribution >= 0.6 is 0 Å². The summed E-state index contributed by atoms with van der Waals surface area (Å²) in [7, 11) is 0. The molecule has 0 aliphatic carbocycles. The van der Waals surface area contributed by atoms with Crippen molar-refractivity contribution in [2.45, 2.75) is 52.4 Å². The average molecular weight is 241 g/mol. The third kappa shape index (κ3) is 6.06. The predicted molar refractivity (Wildman–Crippen MR) is 70.1 cm³/mol. The summed E-state index contributed by atoms with van der Waals surface area (Å²) in [5.41, 5.74) is 0. The zero-order chi connectivity index (χ0) is 12.7. The van der Waals surface area contributed by atoms with Crippen LogP contribution in [0.15, 0.2) is 0 Å². The summed E-state index contributed by atoms with van der Waals surface area (Å²) in [6.07, 6.45) is 6.36. The van der Waals surface area contributed by atoms with Gasteiger partial charge in [0.05, 0.1) is 0 Å². The first kappa shape index (κ1) is 14.5. The molecule has 1 rings (SSSR count). The summed E-state index contributed by atoms with van der Waals surface area (Å²) in [6, 6.07) is 0. The molecule has 1 atom stereocenters. The molecule has 3 heteroatoms. The normalized spacial score (nSPS) is 19.5. The molecule has 100 valence electrons. The quantitative estimate of drug-likeness (QED) is 0.745. The maximum atomic E-state index is 10.6. The van der Waals surface area contributed by atoms with Crippen LogP contribution in [0.25, 0.3) is 0 Å². The average Bonchev–Trinajstić information content (AvgIpc) is 2.29. The van der Waals surface area contributed by atoms with Gasteiger partial charge in [-0.1, -0.05) is 20.3 Å². The number of carboxylic acid groups (broad SMARTS) is 1. The molecule has 0 amide bonds. The van der Waals surface area contributed by atoms with E-state index >= 15 is 0 Å². The Bertz CT molecular complexity index is 222. The molecule has 1 saturated heterocycles. The van der Waals surface area contributed by atoms with Crippen molar-refractivity contribution >= 4 is 5.97 Å². The Hall–Kier alpha value is -0.570. The van der Waals surface area contributed by atoms with Gasteiger partial charge in [0.1, 0.15) is 0 Å². The van der Waals surface area contributed by atoms with E-state index in [2.05, 4.69) is 18.7 Å². The fourth-order valence-corrected chi connectivity index (χ4v) is 2.65. The summed E-state index contributed by atoms with van der Waals surface area (Å²) >= 11 is 0. The second-order valence-electron chi connectivity index (χ2n) is 5.63. The molecule has 3 nitrogen and oxygen atoms in total. The Morgan fingerprint density at radius 1 is 1.18 bits per heavy atom. The van der Waals surface area contributed by atoms with E-state index < -0.39 is 5.97 Å². The van der Waals surface area contributed by atoms with Gasteiger partial charge in [0.15, 0.2) is 0 Å². The van der Waals surface area contributed by atoms with Crippen LogP contribution in [0.3, 0.4) is 0 Å². The van der Waals surface area contributed by atoms with Crippen LogP contribution in [-0.2, 0) is 4.79 Å². The summed E-state index contributed by atoms with van der Waals surface area (Å²) in [4.78, 5) is 13.2. The van der Waals surface area contributed by atoms with Crippen LogP contribution in [0.4, 0.5) is 0 Å². The van der Waals surface area contributed by atoms with E-state index in [1.165, 1.54) is 32.4 Å². The van der Waals surface area contributed by atoms with E-state index in [9.17, 15) is 4.79 Å². The standard InChI is InChI=1S/C14H27NO2/c1-12(2)13(6-7-14(16)17)8-11-15-9-4-3-5-10-15/h12-13H,3-11H2,1-2H3,(H,16,17). The number of hydrogen-bond donors (Lipinski definition) is 1. The highest BCUT2D eigenvalue weighted by Crippen LogP contribution is 2.22. The molecule has 1 fully saturated rings. The summed E-state index contributed by atoms with van der Waals surface area (Å²) in [6.45, 7) is 8.06. The molecule has 1 aliphatic rings. The molecule has 0 spiro atoms. The molecule has 1 heterocycles. The molecule has 0 saturated carbocycles. The van der Waals surface area contributed by atoms with Crippen molar-refractivity contribution in [2.75, 3.05) is 19.6 Å². The smallest absolute Gasteiger partial charge is 0.303 e. The largest absolute Gasteiger partial charge is 0.481 e. The van der Waals surface area contributed by atoms with Gasteiger partial charge in [-0.05, 0) is 57.2 Å². The van der Waals surface area contributed by atoms with Crippen molar-refractivity contribution in [1.82, 2.24) is 4.90 Å². The first-order chi connectivity index (χ1) is 8.09. The Morgan fingerprint density at radius 2 is 1.82 bits per heavy atom. The maximum absolute atomic E-state index is 10.6. The fourth-order valence-electron chi connectivity index (χ4n) is 2.65. The second-order valence-corrected chi connectivity index (χ2v) is 5.63. The Kier molecular flexibility index (Phi) is 6.56. The lowest BCUT2D eigenvalue weighted by Gasteiger charge is -2.29. The number of rotatable bonds is 7. The molecule has 0 bridgehead atoms. The highest BCUT2D eigenvalue weighted by atomic mass is 16.4. The molecule has 0 aromatic carbocycles. The lowest BCUT2D eigenvalue weighted by atomic mass is 9.88. The lowest BCUT2D eigenvalue weighted by molar-refractivity contribution is -0.137. The minimum atomic E-state index is -0.659. The number of carbonyl (C=O) groups is 1. The van der Waals surface area contributed by atoms with Gasteiger partial charge in [-0.25, -0.2) is 0 Å². The van der Waals surface area contributed by atoms with Gasteiger partial charge in [-0.3, -0.25) is 4.79 Å². The zero-order valence-electron chi connectivity index (χ0n) is 11.3. The van der Waals surface area contributed by atoms with E-state index in [-0.39, 0.29) is 0 Å². The van der Waals surface area contributed by atoms with E-state index in [4.69, 9.17) is 5.11 Å². The molecular weight excluding hydrogens is 214 g/mol. The minimum absolute atomic E-state index is 0.322. The summed E-state index contributed by atoms with van der Waals surface area (Å²) in [5.74, 6) is 0.501. The van der Waals surface area contributed by atoms with Crippen LogP contribution in [0.5, 0.6) is 0 Å². The molecule has 1 unspecified atom stereocenters. The van der Waals surface area contributed by atoms with E-state index in [0.717, 1.165) is 19.4 Å². The van der Waals surface area contributed by atoms with Crippen LogP contribution in [0, 0.1) is 11.8 Å². The van der Waals surface area contributed by atoms with Gasteiger partial charge >= 0.3 is 5.97 Å². The van der Waals surface area contributed by atoms with Crippen molar-refractivity contribution < 1.29 is 9.90 Å². The van der Waals surface area contributed by atoms with E-state index in [1.807, 2.05) is 0 Å². The number of hydrogen-bond acceptors (Lipinski definition) is 2. The number of aliphatic carboxylic acids is 1. The fraction of sp³-hybridized carbons (Fsp3) is 0.929. The van der Waals surface area contributed by atoms with Gasteiger partial charge in [-0.15, -0.1) is 0 Å². The highest BCUT2D eigenvalue weighted by Gasteiger charge is 2.17. The third-order valence-electron chi connectivity index (χ3n) is 3.94. The number of piperidine rings is 1. The predicted octanol–water partition coefficient (Wildman–Crippen LogP) is 3.00. The Labute approximate surface area is 105 Å². The maximum Gasteiger partial charge on any atom is 0.303 e. The topological polar surface area (TPSA) is 40.5 Å². The van der Waals surface area contributed by atoms with Crippen molar-refractivity contribution in [3.05, 3.63) is 0 Å². The first-order valence-corrected chi connectivity index (χ1v) is 7.03. The second kappa shape index (κ2) is 7.70. The summed E-state index contributed by atoms with van der Waals surface area (Å²) < 4.78 is 0. The molecule has 0 radical (unpaired) electrons. The van der Waals surface area contributed by atoms with Gasteiger partial charge in [-0.2, -0.15) is 0 Å². The van der Waals surface area contributed by atoms with Crippen molar-refractivity contribution in [1.29, 1.82) is 0 Å². The Balaban J connectivity index is 2.25. The monoisotopic (exact) mass is 241 g/mol. The first-order valence-electron chi connectivity index (χ1n) is 7.03. The number of nitrogens with zero attached hydrogens (tertiary/aromatic N) is 1. The van der Waals surface area contributed by atoms with Gasteiger partial charge in [0.2, 0.25) is 0 Å². The molecule has 0 aromatic heterocycles. The van der Waals surface area contributed by atoms with Crippen LogP contribution in [0.1, 0.15) is 52.4 Å². The van der Waals surface area contributed by atoms with Gasteiger partial charge < -0.3 is 10.0 Å². The molecule has 0 aromatic rings. The van der Waals surface area contributed by atoms with Gasteiger partial charge in [0.25, 0.3) is 0 Å². The number of carboxylic acids is 1. The molecule has 17 heavy (non-hydrogen) atoms. The lowest BCUT2D eigenvalue weighted by Crippen LogP contribution is -2.32. The number of likely N-dealkylation sites (tertiary alicyclic amines) is 1. The Morgan fingerprint density at radius 3 is 2.35 bits per heavy atom. The molecule has 1 aliphatic heterocycles. The van der Waals surface area contributed by atoms with Crippen LogP contribution in [0.2, 0.25) is 0 Å².